The smallest absolute Gasteiger partial charge is 0.275 e. The summed E-state index contributed by atoms with van der Waals surface area (Å²) in [6.45, 7) is 2.94. The van der Waals surface area contributed by atoms with Crippen LogP contribution in [-0.4, -0.2) is 45.1 Å². The second kappa shape index (κ2) is 5.54. The fourth-order valence-corrected chi connectivity index (χ4v) is 3.81. The summed E-state index contributed by atoms with van der Waals surface area (Å²) in [6.07, 6.45) is 5.67. The first-order valence-corrected chi connectivity index (χ1v) is 7.95. The maximum absolute atomic E-state index is 12.5. The second-order valence-corrected chi connectivity index (χ2v) is 6.16. The molecule has 2 aliphatic rings. The lowest BCUT2D eigenvalue weighted by atomic mass is 9.97. The van der Waals surface area contributed by atoms with Crippen molar-refractivity contribution in [1.82, 2.24) is 19.8 Å². The minimum Gasteiger partial charge on any atom is -0.334 e. The minimum atomic E-state index is 0.0573. The van der Waals surface area contributed by atoms with E-state index in [1.165, 1.54) is 24.4 Å². The molecule has 0 saturated carbocycles. The van der Waals surface area contributed by atoms with Crippen LogP contribution in [0, 0.1) is 0 Å². The van der Waals surface area contributed by atoms with E-state index in [4.69, 9.17) is 0 Å². The zero-order chi connectivity index (χ0) is 13.2. The van der Waals surface area contributed by atoms with Crippen molar-refractivity contribution in [3.8, 4) is 0 Å². The molecule has 1 amide bonds. The molecule has 2 saturated heterocycles. The fraction of sp³-hybridized carbons (Fsp3) is 0.769. The highest BCUT2D eigenvalue weighted by atomic mass is 32.1. The van der Waals surface area contributed by atoms with Crippen molar-refractivity contribution in [2.24, 2.45) is 0 Å². The molecule has 0 spiro atoms. The highest BCUT2D eigenvalue weighted by molar-refractivity contribution is 7.03. The van der Waals surface area contributed by atoms with Crippen molar-refractivity contribution < 1.29 is 4.79 Å². The number of amides is 1. The van der Waals surface area contributed by atoms with E-state index in [0.29, 0.717) is 23.8 Å². The van der Waals surface area contributed by atoms with Crippen molar-refractivity contribution in [2.75, 3.05) is 6.54 Å². The Hall–Kier alpha value is -1.01. The van der Waals surface area contributed by atoms with Crippen LogP contribution in [0.15, 0.2) is 5.38 Å². The summed E-state index contributed by atoms with van der Waals surface area (Å²) < 4.78 is 3.80. The predicted octanol–water partition coefficient (Wildman–Crippen LogP) is 1.67. The van der Waals surface area contributed by atoms with Crippen LogP contribution in [0.1, 0.15) is 49.5 Å². The lowest BCUT2D eigenvalue weighted by molar-refractivity contribution is 0.0610. The Morgan fingerprint density at radius 2 is 2.21 bits per heavy atom. The van der Waals surface area contributed by atoms with E-state index < -0.39 is 0 Å². The molecule has 3 heterocycles. The van der Waals surface area contributed by atoms with Crippen LogP contribution in [0.4, 0.5) is 0 Å². The molecule has 2 atom stereocenters. The first-order valence-electron chi connectivity index (χ1n) is 7.12. The number of hydrogen-bond acceptors (Lipinski definition) is 5. The third-order valence-corrected chi connectivity index (χ3v) is 4.70. The van der Waals surface area contributed by atoms with Crippen LogP contribution in [0.3, 0.4) is 0 Å². The van der Waals surface area contributed by atoms with Gasteiger partial charge in [0.25, 0.3) is 5.91 Å². The number of aromatic nitrogens is 2. The van der Waals surface area contributed by atoms with Crippen molar-refractivity contribution in [1.29, 1.82) is 0 Å². The molecule has 2 fully saturated rings. The average Bonchev–Trinajstić information content (AvgIpc) is 3.05. The van der Waals surface area contributed by atoms with Gasteiger partial charge in [0.15, 0.2) is 5.69 Å². The maximum atomic E-state index is 12.5. The quantitative estimate of drug-likeness (QED) is 0.911. The number of carbonyl (C=O) groups is 1. The molecule has 19 heavy (non-hydrogen) atoms. The topological polar surface area (TPSA) is 58.1 Å². The Kier molecular flexibility index (Phi) is 3.79. The molecular formula is C13H20N4OS. The molecule has 1 N–H and O–H groups in total. The Bertz CT molecular complexity index is 424. The zero-order valence-corrected chi connectivity index (χ0v) is 12.0. The van der Waals surface area contributed by atoms with Crippen LogP contribution in [0.25, 0.3) is 0 Å². The first kappa shape index (κ1) is 13.0. The standard InChI is InChI=1S/C13H20N4OS/c1-2-5-17(13(18)12-8-19-16-15-12)11-6-9-3-4-10(7-11)14-9/h8-11,14H,2-7H2,1H3. The normalized spacial score (nSPS) is 29.4. The monoisotopic (exact) mass is 280 g/mol. The van der Waals surface area contributed by atoms with Gasteiger partial charge in [-0.1, -0.05) is 11.4 Å². The number of rotatable bonds is 4. The largest absolute Gasteiger partial charge is 0.334 e. The minimum absolute atomic E-state index is 0.0573. The highest BCUT2D eigenvalue weighted by Crippen LogP contribution is 2.30. The Morgan fingerprint density at radius 1 is 1.47 bits per heavy atom. The lowest BCUT2D eigenvalue weighted by Gasteiger charge is -2.37. The van der Waals surface area contributed by atoms with Gasteiger partial charge in [0.05, 0.1) is 0 Å². The van der Waals surface area contributed by atoms with Crippen molar-refractivity contribution >= 4 is 17.4 Å². The van der Waals surface area contributed by atoms with E-state index in [1.54, 1.807) is 5.38 Å². The van der Waals surface area contributed by atoms with E-state index in [1.807, 2.05) is 4.90 Å². The van der Waals surface area contributed by atoms with Crippen LogP contribution >= 0.6 is 11.5 Å². The molecule has 3 rings (SSSR count). The molecule has 2 bridgehead atoms. The Labute approximate surface area is 117 Å². The fourth-order valence-electron chi connectivity index (χ4n) is 3.38. The lowest BCUT2D eigenvalue weighted by Crippen LogP contribution is -2.50. The molecule has 1 aromatic heterocycles. The van der Waals surface area contributed by atoms with E-state index in [-0.39, 0.29) is 5.91 Å². The summed E-state index contributed by atoms with van der Waals surface area (Å²) >= 11 is 1.24. The summed E-state index contributed by atoms with van der Waals surface area (Å²) in [4.78, 5) is 14.6. The van der Waals surface area contributed by atoms with Crippen LogP contribution in [-0.2, 0) is 0 Å². The number of fused-ring (bicyclic) bond motifs is 2. The number of piperidine rings is 1. The van der Waals surface area contributed by atoms with Gasteiger partial charge < -0.3 is 10.2 Å². The van der Waals surface area contributed by atoms with Gasteiger partial charge in [0, 0.05) is 30.1 Å². The summed E-state index contributed by atoms with van der Waals surface area (Å²) in [5, 5.41) is 9.31. The number of carbonyl (C=O) groups excluding carboxylic acids is 1. The van der Waals surface area contributed by atoms with Gasteiger partial charge in [-0.2, -0.15) is 0 Å². The van der Waals surface area contributed by atoms with E-state index in [9.17, 15) is 4.79 Å². The average molecular weight is 280 g/mol. The van der Waals surface area contributed by atoms with Gasteiger partial charge in [-0.3, -0.25) is 4.79 Å². The molecule has 1 aromatic rings. The van der Waals surface area contributed by atoms with Crippen molar-refractivity contribution in [2.45, 2.75) is 57.2 Å². The molecule has 6 heteroatoms. The maximum Gasteiger partial charge on any atom is 0.275 e. The van der Waals surface area contributed by atoms with E-state index >= 15 is 0 Å². The van der Waals surface area contributed by atoms with Crippen LogP contribution in [0.2, 0.25) is 0 Å². The summed E-state index contributed by atoms with van der Waals surface area (Å²) in [5.74, 6) is 0.0573. The second-order valence-electron chi connectivity index (χ2n) is 5.55. The SMILES string of the molecule is CCCN(C(=O)c1csnn1)C1CC2CCC(C1)N2. The summed E-state index contributed by atoms with van der Waals surface area (Å²) in [5.41, 5.74) is 0.504. The van der Waals surface area contributed by atoms with Crippen molar-refractivity contribution in [3.05, 3.63) is 11.1 Å². The molecular weight excluding hydrogens is 260 g/mol. The van der Waals surface area contributed by atoms with Crippen LogP contribution in [0.5, 0.6) is 0 Å². The number of nitrogens with one attached hydrogen (secondary N) is 1. The van der Waals surface area contributed by atoms with Gasteiger partial charge >= 0.3 is 0 Å². The van der Waals surface area contributed by atoms with Gasteiger partial charge in [0.2, 0.25) is 0 Å². The molecule has 2 unspecified atom stereocenters. The predicted molar refractivity (Wildman–Crippen MR) is 74.2 cm³/mol. The Morgan fingerprint density at radius 3 is 2.79 bits per heavy atom. The molecule has 0 aromatic carbocycles. The van der Waals surface area contributed by atoms with Gasteiger partial charge in [0.1, 0.15) is 0 Å². The molecule has 0 aliphatic carbocycles. The van der Waals surface area contributed by atoms with Gasteiger partial charge in [-0.05, 0) is 43.6 Å². The molecule has 2 aliphatic heterocycles. The van der Waals surface area contributed by atoms with Crippen molar-refractivity contribution in [3.63, 3.8) is 0 Å². The zero-order valence-electron chi connectivity index (χ0n) is 11.2. The van der Waals surface area contributed by atoms with E-state index in [0.717, 1.165) is 25.8 Å². The highest BCUT2D eigenvalue weighted by Gasteiger charge is 2.37. The summed E-state index contributed by atoms with van der Waals surface area (Å²) in [6, 6.07) is 1.57. The van der Waals surface area contributed by atoms with Crippen LogP contribution < -0.4 is 5.32 Å². The Balaban J connectivity index is 1.75. The number of hydrogen-bond donors (Lipinski definition) is 1. The molecule has 0 radical (unpaired) electrons. The molecule has 5 nitrogen and oxygen atoms in total. The molecule has 104 valence electrons. The third kappa shape index (κ3) is 2.65. The van der Waals surface area contributed by atoms with Gasteiger partial charge in [-0.25, -0.2) is 0 Å². The first-order chi connectivity index (χ1) is 9.28. The van der Waals surface area contributed by atoms with Gasteiger partial charge in [-0.15, -0.1) is 5.10 Å². The summed E-state index contributed by atoms with van der Waals surface area (Å²) in [7, 11) is 0. The third-order valence-electron chi connectivity index (χ3n) is 4.19. The number of nitrogens with zero attached hydrogens (tertiary/aromatic N) is 3. The van der Waals surface area contributed by atoms with E-state index in [2.05, 4.69) is 21.8 Å².